The molecule has 0 fully saturated rings. The minimum absolute atomic E-state index is 0.0497. The third kappa shape index (κ3) is 5.24. The van der Waals surface area contributed by atoms with Gasteiger partial charge < -0.3 is 10.2 Å². The molecule has 176 valence electrons. The Hall–Kier alpha value is -3.20. The van der Waals surface area contributed by atoms with Gasteiger partial charge in [-0.15, -0.1) is 0 Å². The molecule has 0 spiro atoms. The highest BCUT2D eigenvalue weighted by Crippen LogP contribution is 2.30. The zero-order valence-corrected chi connectivity index (χ0v) is 19.9. The summed E-state index contributed by atoms with van der Waals surface area (Å²) in [6.45, 7) is 5.94. The summed E-state index contributed by atoms with van der Waals surface area (Å²) in [5, 5.41) is 2.80. The van der Waals surface area contributed by atoms with Gasteiger partial charge in [0.05, 0.1) is 5.56 Å². The van der Waals surface area contributed by atoms with E-state index in [9.17, 15) is 22.8 Å². The molecule has 0 unspecified atom stereocenters. The molecule has 0 saturated heterocycles. The van der Waals surface area contributed by atoms with Crippen LogP contribution in [0.2, 0.25) is 0 Å². The summed E-state index contributed by atoms with van der Waals surface area (Å²) in [5.74, 6) is -1.33. The third-order valence-corrected chi connectivity index (χ3v) is 7.47. The first kappa shape index (κ1) is 24.4. The molecule has 1 N–H and O–H groups in total. The average Bonchev–Trinajstić information content (AvgIpc) is 3.00. The topological polar surface area (TPSA) is 104 Å². The molecule has 0 aliphatic carbocycles. The van der Waals surface area contributed by atoms with Gasteiger partial charge >= 0.3 is 0 Å². The number of carbonyl (C=O) groups excluding carboxylic acids is 3. The lowest BCUT2D eigenvalue weighted by molar-refractivity contribution is -0.140. The first-order valence-corrected chi connectivity index (χ1v) is 12.4. The normalized spacial score (nSPS) is 15.1. The molecule has 0 bridgehead atoms. The molecule has 3 amide bonds. The highest BCUT2D eigenvalue weighted by Gasteiger charge is 2.41. The summed E-state index contributed by atoms with van der Waals surface area (Å²) >= 11 is 0. The van der Waals surface area contributed by atoms with Gasteiger partial charge in [-0.2, -0.15) is 0 Å². The first-order valence-electron chi connectivity index (χ1n) is 11.0. The summed E-state index contributed by atoms with van der Waals surface area (Å²) in [6, 6.07) is 12.9. The maximum Gasteiger partial charge on any atom is 0.269 e. The molecule has 3 rings (SSSR count). The van der Waals surface area contributed by atoms with Crippen LogP contribution in [0.25, 0.3) is 0 Å². The monoisotopic (exact) mass is 471 g/mol. The van der Waals surface area contributed by atoms with Crippen LogP contribution in [0, 0.1) is 6.92 Å². The van der Waals surface area contributed by atoms with Gasteiger partial charge in [-0.1, -0.05) is 48.9 Å². The first-order chi connectivity index (χ1) is 15.7. The fourth-order valence-electron chi connectivity index (χ4n) is 3.66. The largest absolute Gasteiger partial charge is 0.354 e. The fraction of sp³-hybridized carbons (Fsp3) is 0.375. The van der Waals surface area contributed by atoms with Crippen LogP contribution in [0.4, 0.5) is 0 Å². The lowest BCUT2D eigenvalue weighted by Crippen LogP contribution is -2.48. The molecule has 1 aliphatic rings. The molecule has 0 aromatic heterocycles. The number of benzene rings is 2. The van der Waals surface area contributed by atoms with Crippen LogP contribution < -0.4 is 5.32 Å². The Morgan fingerprint density at radius 2 is 1.76 bits per heavy atom. The highest BCUT2D eigenvalue weighted by molar-refractivity contribution is 7.90. The van der Waals surface area contributed by atoms with E-state index in [1.54, 1.807) is 19.1 Å². The van der Waals surface area contributed by atoms with Crippen LogP contribution >= 0.6 is 0 Å². The SMILES string of the molecule is CCCNC(=O)[C@H](C)N(Cc1ccc(C)cc1)C(=O)CCN1C(=O)c2ccccc2S1(=O)=O. The van der Waals surface area contributed by atoms with Gasteiger partial charge in [-0.05, 0) is 38.0 Å². The molecule has 2 aromatic carbocycles. The number of nitrogens with one attached hydrogen (secondary N) is 1. The van der Waals surface area contributed by atoms with Gasteiger partial charge in [0, 0.05) is 26.1 Å². The van der Waals surface area contributed by atoms with Crippen molar-refractivity contribution >= 4 is 27.7 Å². The van der Waals surface area contributed by atoms with Gasteiger partial charge in [0.25, 0.3) is 15.9 Å². The molecule has 2 aromatic rings. The Kier molecular flexibility index (Phi) is 7.53. The standard InChI is InChI=1S/C24H29N3O5S/c1-4-14-25-23(29)18(3)26(16-19-11-9-17(2)10-12-19)22(28)13-15-27-24(30)20-7-5-6-8-21(20)33(27,31)32/h5-12,18H,4,13-16H2,1-3H3,(H,25,29)/t18-/m0/s1. The fourth-order valence-corrected chi connectivity index (χ4v) is 5.23. The van der Waals surface area contributed by atoms with Crippen molar-refractivity contribution in [1.82, 2.24) is 14.5 Å². The van der Waals surface area contributed by atoms with E-state index in [1.807, 2.05) is 38.1 Å². The van der Waals surface area contributed by atoms with Crippen molar-refractivity contribution in [2.45, 2.75) is 51.1 Å². The second-order valence-electron chi connectivity index (χ2n) is 8.10. The van der Waals surface area contributed by atoms with E-state index in [0.717, 1.165) is 21.9 Å². The number of carbonyl (C=O) groups is 3. The smallest absolute Gasteiger partial charge is 0.269 e. The van der Waals surface area contributed by atoms with E-state index in [4.69, 9.17) is 0 Å². The maximum absolute atomic E-state index is 13.2. The van der Waals surface area contributed by atoms with Gasteiger partial charge in [0.15, 0.2) is 0 Å². The van der Waals surface area contributed by atoms with Gasteiger partial charge in [-0.25, -0.2) is 12.7 Å². The van der Waals surface area contributed by atoms with E-state index in [2.05, 4.69) is 5.32 Å². The molecule has 0 radical (unpaired) electrons. The Balaban J connectivity index is 1.77. The Morgan fingerprint density at radius 1 is 1.09 bits per heavy atom. The minimum Gasteiger partial charge on any atom is -0.354 e. The second kappa shape index (κ2) is 10.2. The van der Waals surface area contributed by atoms with Crippen molar-refractivity contribution in [3.63, 3.8) is 0 Å². The van der Waals surface area contributed by atoms with Crippen LogP contribution in [-0.2, 0) is 26.2 Å². The number of aryl methyl sites for hydroxylation is 1. The zero-order valence-electron chi connectivity index (χ0n) is 19.1. The van der Waals surface area contributed by atoms with Crippen LogP contribution in [0.1, 0.15) is 48.2 Å². The molecular formula is C24H29N3O5S. The lowest BCUT2D eigenvalue weighted by atomic mass is 10.1. The maximum atomic E-state index is 13.2. The Labute approximate surface area is 194 Å². The molecule has 9 heteroatoms. The zero-order chi connectivity index (χ0) is 24.2. The van der Waals surface area contributed by atoms with E-state index in [1.165, 1.54) is 17.0 Å². The number of hydrogen-bond acceptors (Lipinski definition) is 5. The Morgan fingerprint density at radius 3 is 2.39 bits per heavy atom. The van der Waals surface area contributed by atoms with Crippen molar-refractivity contribution in [1.29, 1.82) is 0 Å². The molecule has 1 aliphatic heterocycles. The summed E-state index contributed by atoms with van der Waals surface area (Å²) in [6.07, 6.45) is 0.538. The molecule has 1 heterocycles. The predicted octanol–water partition coefficient (Wildman–Crippen LogP) is 2.47. The molecule has 1 atom stereocenters. The van der Waals surface area contributed by atoms with Gasteiger partial charge in [0.1, 0.15) is 10.9 Å². The van der Waals surface area contributed by atoms with Crippen molar-refractivity contribution in [2.24, 2.45) is 0 Å². The van der Waals surface area contributed by atoms with Crippen LogP contribution in [0.5, 0.6) is 0 Å². The van der Waals surface area contributed by atoms with E-state index in [-0.39, 0.29) is 35.9 Å². The van der Waals surface area contributed by atoms with Crippen LogP contribution in [0.15, 0.2) is 53.4 Å². The van der Waals surface area contributed by atoms with Gasteiger partial charge in [-0.3, -0.25) is 14.4 Å². The van der Waals surface area contributed by atoms with Crippen LogP contribution in [-0.4, -0.2) is 54.5 Å². The third-order valence-electron chi connectivity index (χ3n) is 5.63. The second-order valence-corrected chi connectivity index (χ2v) is 9.93. The summed E-state index contributed by atoms with van der Waals surface area (Å²) in [5.41, 5.74) is 2.03. The molecule has 8 nitrogen and oxygen atoms in total. The minimum atomic E-state index is -4.00. The van der Waals surface area contributed by atoms with Crippen molar-refractivity contribution in [2.75, 3.05) is 13.1 Å². The average molecular weight is 472 g/mol. The molecule has 33 heavy (non-hydrogen) atoms. The number of amides is 3. The molecular weight excluding hydrogens is 442 g/mol. The number of fused-ring (bicyclic) bond motifs is 1. The van der Waals surface area contributed by atoms with Crippen molar-refractivity contribution < 1.29 is 22.8 Å². The van der Waals surface area contributed by atoms with Crippen LogP contribution in [0.3, 0.4) is 0 Å². The molecule has 0 saturated carbocycles. The quantitative estimate of drug-likeness (QED) is 0.605. The summed E-state index contributed by atoms with van der Waals surface area (Å²) in [4.78, 5) is 39.8. The number of sulfonamides is 1. The van der Waals surface area contributed by atoms with Crippen molar-refractivity contribution in [3.05, 3.63) is 65.2 Å². The number of nitrogens with zero attached hydrogens (tertiary/aromatic N) is 2. The highest BCUT2D eigenvalue weighted by atomic mass is 32.2. The van der Waals surface area contributed by atoms with E-state index >= 15 is 0 Å². The Bertz CT molecular complexity index is 1140. The van der Waals surface area contributed by atoms with E-state index < -0.39 is 27.9 Å². The van der Waals surface area contributed by atoms with Crippen molar-refractivity contribution in [3.8, 4) is 0 Å². The summed E-state index contributed by atoms with van der Waals surface area (Å²) < 4.78 is 26.3. The number of rotatable bonds is 9. The summed E-state index contributed by atoms with van der Waals surface area (Å²) in [7, 11) is -4.00. The van der Waals surface area contributed by atoms with E-state index in [0.29, 0.717) is 6.54 Å². The lowest BCUT2D eigenvalue weighted by Gasteiger charge is -2.29. The predicted molar refractivity (Wildman–Crippen MR) is 124 cm³/mol. The number of hydrogen-bond donors (Lipinski definition) is 1. The van der Waals surface area contributed by atoms with Gasteiger partial charge in [0.2, 0.25) is 11.8 Å².